The molecule has 12 heteroatoms. The summed E-state index contributed by atoms with van der Waals surface area (Å²) in [5, 5.41) is 3.53. The molecule has 0 radical (unpaired) electrons. The highest BCUT2D eigenvalue weighted by atomic mass is 32.2. The van der Waals surface area contributed by atoms with Crippen LogP contribution in [0.15, 0.2) is 53.2 Å². The van der Waals surface area contributed by atoms with Crippen LogP contribution in [0.4, 0.5) is 0 Å². The molecule has 2 aromatic heterocycles. The van der Waals surface area contributed by atoms with Crippen LogP contribution in [0.3, 0.4) is 0 Å². The van der Waals surface area contributed by atoms with Crippen molar-refractivity contribution in [2.75, 3.05) is 20.2 Å². The fourth-order valence-electron chi connectivity index (χ4n) is 5.76. The van der Waals surface area contributed by atoms with E-state index in [1.807, 2.05) is 0 Å². The number of hydrogen-bond acceptors (Lipinski definition) is 8. The van der Waals surface area contributed by atoms with Gasteiger partial charge >= 0.3 is 0 Å². The maximum Gasteiger partial charge on any atom is 0.287 e. The molecule has 0 spiro atoms. The largest absolute Gasteiger partial charge is 0.497 e. The van der Waals surface area contributed by atoms with E-state index in [9.17, 15) is 22.8 Å². The Balaban J connectivity index is 1.19. The molecule has 3 atom stereocenters. The van der Waals surface area contributed by atoms with E-state index in [1.54, 1.807) is 49.7 Å². The van der Waals surface area contributed by atoms with Gasteiger partial charge in [-0.25, -0.2) is 8.42 Å². The molecule has 210 valence electrons. The molecule has 3 aliphatic rings. The van der Waals surface area contributed by atoms with Crippen LogP contribution in [0.1, 0.15) is 41.8 Å². The zero-order valence-corrected chi connectivity index (χ0v) is 22.8. The molecule has 2 aliphatic heterocycles. The van der Waals surface area contributed by atoms with Crippen LogP contribution in [0.2, 0.25) is 0 Å². The molecule has 2 saturated heterocycles. The molecular formula is C28H30N4O7S. The van der Waals surface area contributed by atoms with Gasteiger partial charge in [0.1, 0.15) is 23.4 Å². The molecule has 40 heavy (non-hydrogen) atoms. The van der Waals surface area contributed by atoms with E-state index in [2.05, 4.69) is 10.3 Å². The Hall–Kier alpha value is -3.77. The summed E-state index contributed by atoms with van der Waals surface area (Å²) in [5.41, 5.74) is 1.04. The van der Waals surface area contributed by atoms with Gasteiger partial charge in [-0.2, -0.15) is 4.31 Å². The lowest BCUT2D eigenvalue weighted by Gasteiger charge is -2.28. The van der Waals surface area contributed by atoms with Crippen LogP contribution < -0.4 is 10.1 Å². The van der Waals surface area contributed by atoms with Gasteiger partial charge in [0.25, 0.3) is 5.91 Å². The molecule has 3 aromatic rings. The number of aromatic nitrogens is 1. The minimum absolute atomic E-state index is 0.0701. The predicted molar refractivity (Wildman–Crippen MR) is 144 cm³/mol. The maximum absolute atomic E-state index is 13.8. The van der Waals surface area contributed by atoms with E-state index in [4.69, 9.17) is 9.15 Å². The molecule has 4 heterocycles. The summed E-state index contributed by atoms with van der Waals surface area (Å²) in [7, 11) is -2.26. The van der Waals surface area contributed by atoms with Crippen LogP contribution in [0, 0.1) is 5.92 Å². The molecular weight excluding hydrogens is 536 g/mol. The van der Waals surface area contributed by atoms with E-state index in [0.29, 0.717) is 41.0 Å². The Morgan fingerprint density at radius 3 is 2.75 bits per heavy atom. The number of methoxy groups -OCH3 is 1. The van der Waals surface area contributed by atoms with Crippen molar-refractivity contribution < 1.29 is 32.0 Å². The molecule has 1 aliphatic carbocycles. The number of pyridine rings is 1. The van der Waals surface area contributed by atoms with Gasteiger partial charge in [-0.1, -0.05) is 18.9 Å². The Labute approximate surface area is 231 Å². The van der Waals surface area contributed by atoms with Crippen LogP contribution in [0.5, 0.6) is 5.75 Å². The zero-order chi connectivity index (χ0) is 28.0. The van der Waals surface area contributed by atoms with Gasteiger partial charge in [0, 0.05) is 24.3 Å². The smallest absolute Gasteiger partial charge is 0.287 e. The molecule has 3 unspecified atom stereocenters. The Bertz CT molecular complexity index is 1570. The summed E-state index contributed by atoms with van der Waals surface area (Å²) in [6.45, 7) is -0.0376. The lowest BCUT2D eigenvalue weighted by atomic mass is 10.1. The number of nitrogens with zero attached hydrogens (tertiary/aromatic N) is 3. The van der Waals surface area contributed by atoms with E-state index in [0.717, 1.165) is 12.8 Å². The van der Waals surface area contributed by atoms with Gasteiger partial charge < -0.3 is 19.4 Å². The van der Waals surface area contributed by atoms with Gasteiger partial charge in [-0.15, -0.1) is 0 Å². The van der Waals surface area contributed by atoms with Crippen molar-refractivity contribution in [1.82, 2.24) is 19.5 Å². The van der Waals surface area contributed by atoms with Gasteiger partial charge in [-0.3, -0.25) is 19.4 Å². The molecule has 1 aromatic carbocycles. The Morgan fingerprint density at radius 2 is 2.02 bits per heavy atom. The van der Waals surface area contributed by atoms with Crippen molar-refractivity contribution in [3.05, 3.63) is 60.1 Å². The second kappa shape index (κ2) is 10.3. The summed E-state index contributed by atoms with van der Waals surface area (Å²) in [6.07, 6.45) is 5.79. The van der Waals surface area contributed by atoms with Gasteiger partial charge in [0.15, 0.2) is 11.5 Å². The van der Waals surface area contributed by atoms with E-state index < -0.39 is 34.1 Å². The standard InChI is InChI=1S/C28H30N4O7S/c1-38-20-6-7-24-19(12-20)13-25(39-24)27(34)30-21(11-17-4-5-17)28(35)31-10-8-22-26(31)23(33)15-32(22)40(36,37)16-18-3-2-9-29-14-18/h2-3,6-7,9,12-14,17,21-22,26H,4-5,8,10-11,15-16H2,1H3,(H,30,34). The van der Waals surface area contributed by atoms with Crippen molar-refractivity contribution in [2.24, 2.45) is 5.92 Å². The number of rotatable bonds is 9. The minimum Gasteiger partial charge on any atom is -0.497 e. The van der Waals surface area contributed by atoms with Gasteiger partial charge in [-0.05, 0) is 54.7 Å². The number of benzene rings is 1. The van der Waals surface area contributed by atoms with Crippen LogP contribution >= 0.6 is 0 Å². The SMILES string of the molecule is COc1ccc2oc(C(=O)NC(CC3CC3)C(=O)N3CCC4C3C(=O)CN4S(=O)(=O)Cc3cccnc3)cc2c1. The fourth-order valence-corrected chi connectivity index (χ4v) is 7.47. The number of sulfonamides is 1. The topological polar surface area (TPSA) is 139 Å². The Kier molecular flexibility index (Phi) is 6.83. The van der Waals surface area contributed by atoms with E-state index in [1.165, 1.54) is 15.4 Å². The predicted octanol–water partition coefficient (Wildman–Crippen LogP) is 2.12. The molecule has 1 N–H and O–H groups in total. The summed E-state index contributed by atoms with van der Waals surface area (Å²) < 4.78 is 38.7. The number of fused-ring (bicyclic) bond motifs is 2. The highest BCUT2D eigenvalue weighted by Crippen LogP contribution is 2.37. The van der Waals surface area contributed by atoms with Crippen molar-refractivity contribution in [3.63, 3.8) is 0 Å². The summed E-state index contributed by atoms with van der Waals surface area (Å²) in [4.78, 5) is 45.5. The number of hydrogen-bond donors (Lipinski definition) is 1. The quantitative estimate of drug-likeness (QED) is 0.416. The molecule has 6 rings (SSSR count). The van der Waals surface area contributed by atoms with Crippen molar-refractivity contribution >= 4 is 38.6 Å². The zero-order valence-electron chi connectivity index (χ0n) is 22.0. The lowest BCUT2D eigenvalue weighted by Crippen LogP contribution is -2.52. The van der Waals surface area contributed by atoms with Crippen molar-refractivity contribution in [3.8, 4) is 5.75 Å². The monoisotopic (exact) mass is 566 g/mol. The number of ether oxygens (including phenoxy) is 1. The summed E-state index contributed by atoms with van der Waals surface area (Å²) in [6, 6.07) is 7.79. The maximum atomic E-state index is 13.8. The first-order valence-corrected chi connectivity index (χ1v) is 14.9. The molecule has 1 saturated carbocycles. The summed E-state index contributed by atoms with van der Waals surface area (Å²) in [5.74, 6) is -0.468. The molecule has 3 fully saturated rings. The molecule has 11 nitrogen and oxygen atoms in total. The number of nitrogens with one attached hydrogen (secondary N) is 1. The van der Waals surface area contributed by atoms with Crippen molar-refractivity contribution in [1.29, 1.82) is 0 Å². The minimum atomic E-state index is -3.81. The lowest BCUT2D eigenvalue weighted by molar-refractivity contribution is -0.138. The Morgan fingerprint density at radius 1 is 1.20 bits per heavy atom. The van der Waals surface area contributed by atoms with Crippen LogP contribution in [-0.4, -0.2) is 78.5 Å². The van der Waals surface area contributed by atoms with Crippen molar-refractivity contribution in [2.45, 2.75) is 49.6 Å². The number of amides is 2. The molecule has 2 amide bonds. The van der Waals surface area contributed by atoms with Crippen LogP contribution in [0.25, 0.3) is 11.0 Å². The first-order chi connectivity index (χ1) is 19.2. The van der Waals surface area contributed by atoms with E-state index in [-0.39, 0.29) is 36.3 Å². The second-order valence-electron chi connectivity index (χ2n) is 10.7. The number of furan rings is 1. The number of Topliss-reactive ketones (excluding diaryl/α,β-unsaturated/α-hetero) is 1. The van der Waals surface area contributed by atoms with E-state index >= 15 is 0 Å². The average molecular weight is 567 g/mol. The molecule has 0 bridgehead atoms. The third kappa shape index (κ3) is 5.08. The highest BCUT2D eigenvalue weighted by Gasteiger charge is 2.54. The first-order valence-electron chi connectivity index (χ1n) is 13.3. The fraction of sp³-hybridized carbons (Fsp3) is 0.429. The average Bonchev–Trinajstić information content (AvgIpc) is 3.34. The highest BCUT2D eigenvalue weighted by molar-refractivity contribution is 7.88. The van der Waals surface area contributed by atoms with Gasteiger partial charge in [0.2, 0.25) is 15.9 Å². The number of ketones is 1. The van der Waals surface area contributed by atoms with Gasteiger partial charge in [0.05, 0.1) is 25.4 Å². The normalized spacial score (nSPS) is 21.9. The summed E-state index contributed by atoms with van der Waals surface area (Å²) >= 11 is 0. The second-order valence-corrected chi connectivity index (χ2v) is 12.6. The number of carbonyl (C=O) groups excluding carboxylic acids is 3. The number of likely N-dealkylation sites (tertiary alicyclic amines) is 1. The van der Waals surface area contributed by atoms with Crippen LogP contribution in [-0.2, 0) is 25.4 Å². The third-order valence-electron chi connectivity index (χ3n) is 7.91. The first kappa shape index (κ1) is 26.5. The third-order valence-corrected chi connectivity index (χ3v) is 9.72. The number of carbonyl (C=O) groups is 3.